The van der Waals surface area contributed by atoms with Gasteiger partial charge in [-0.1, -0.05) is 32.9 Å². The van der Waals surface area contributed by atoms with Crippen LogP contribution in [0.4, 0.5) is 5.69 Å². The lowest BCUT2D eigenvalue weighted by atomic mass is 9.71. The molecule has 0 radical (unpaired) electrons. The predicted molar refractivity (Wildman–Crippen MR) is 81.6 cm³/mol. The maximum Gasteiger partial charge on any atom is 0.340 e. The van der Waals surface area contributed by atoms with Gasteiger partial charge >= 0.3 is 5.97 Å². The highest BCUT2D eigenvalue weighted by Gasteiger charge is 2.34. The van der Waals surface area contributed by atoms with E-state index in [1.165, 1.54) is 6.42 Å². The molecule has 3 heteroatoms. The Morgan fingerprint density at radius 1 is 1.35 bits per heavy atom. The summed E-state index contributed by atoms with van der Waals surface area (Å²) in [7, 11) is 0. The molecule has 1 aromatic rings. The maximum absolute atomic E-state index is 12.4. The molecule has 2 unspecified atom stereocenters. The monoisotopic (exact) mass is 275 g/mol. The molecule has 1 aromatic carbocycles. The van der Waals surface area contributed by atoms with Crippen molar-refractivity contribution >= 4 is 11.7 Å². The summed E-state index contributed by atoms with van der Waals surface area (Å²) in [6.45, 7) is 8.60. The lowest BCUT2D eigenvalue weighted by Gasteiger charge is -2.38. The first kappa shape index (κ1) is 14.9. The summed E-state index contributed by atoms with van der Waals surface area (Å²) in [5, 5.41) is 0. The molecule has 0 aromatic heterocycles. The number of nitrogen functional groups attached to an aromatic ring is 1. The second-order valence-corrected chi connectivity index (χ2v) is 6.98. The van der Waals surface area contributed by atoms with Crippen LogP contribution >= 0.6 is 0 Å². The third-order valence-corrected chi connectivity index (χ3v) is 4.13. The van der Waals surface area contributed by atoms with Crippen molar-refractivity contribution in [2.75, 3.05) is 5.73 Å². The van der Waals surface area contributed by atoms with Crippen LogP contribution in [0.1, 0.15) is 56.0 Å². The summed E-state index contributed by atoms with van der Waals surface area (Å²) < 4.78 is 5.73. The van der Waals surface area contributed by atoms with Crippen LogP contribution in [0, 0.1) is 18.3 Å². The largest absolute Gasteiger partial charge is 0.459 e. The van der Waals surface area contributed by atoms with Crippen LogP contribution in [0.15, 0.2) is 18.2 Å². The van der Waals surface area contributed by atoms with Crippen molar-refractivity contribution < 1.29 is 9.53 Å². The molecule has 3 nitrogen and oxygen atoms in total. The normalized spacial score (nSPS) is 25.2. The average Bonchev–Trinajstić information content (AvgIpc) is 2.25. The number of aryl methyl sites for hydroxylation is 1. The Kier molecular flexibility index (Phi) is 4.07. The summed E-state index contributed by atoms with van der Waals surface area (Å²) in [6, 6.07) is 5.49. The van der Waals surface area contributed by atoms with E-state index >= 15 is 0 Å². The van der Waals surface area contributed by atoms with E-state index in [0.29, 0.717) is 17.2 Å². The van der Waals surface area contributed by atoms with Gasteiger partial charge in [-0.25, -0.2) is 4.79 Å². The molecule has 0 aliphatic heterocycles. The van der Waals surface area contributed by atoms with Gasteiger partial charge in [0.15, 0.2) is 0 Å². The van der Waals surface area contributed by atoms with Crippen LogP contribution in [0.5, 0.6) is 0 Å². The van der Waals surface area contributed by atoms with Crippen LogP contribution in [0.2, 0.25) is 0 Å². The first-order chi connectivity index (χ1) is 9.28. The molecular formula is C17H25NO2. The molecule has 1 saturated carbocycles. The highest BCUT2D eigenvalue weighted by Crippen LogP contribution is 2.40. The fourth-order valence-corrected chi connectivity index (χ4v) is 3.53. The number of esters is 1. The van der Waals surface area contributed by atoms with Crippen molar-refractivity contribution in [1.29, 1.82) is 0 Å². The summed E-state index contributed by atoms with van der Waals surface area (Å²) in [6.07, 6.45) is 3.06. The number of ether oxygens (including phenoxy) is 1. The van der Waals surface area contributed by atoms with Crippen molar-refractivity contribution in [1.82, 2.24) is 0 Å². The van der Waals surface area contributed by atoms with Crippen LogP contribution in [-0.2, 0) is 4.74 Å². The van der Waals surface area contributed by atoms with Gasteiger partial charge in [-0.05, 0) is 49.1 Å². The van der Waals surface area contributed by atoms with Gasteiger partial charge in [0.2, 0.25) is 0 Å². The third kappa shape index (κ3) is 3.33. The van der Waals surface area contributed by atoms with E-state index in [4.69, 9.17) is 10.5 Å². The fourth-order valence-electron chi connectivity index (χ4n) is 3.53. The summed E-state index contributed by atoms with van der Waals surface area (Å²) in [4.78, 5) is 12.4. The van der Waals surface area contributed by atoms with Gasteiger partial charge < -0.3 is 10.5 Å². The Morgan fingerprint density at radius 3 is 2.65 bits per heavy atom. The molecule has 0 saturated heterocycles. The number of anilines is 1. The summed E-state index contributed by atoms with van der Waals surface area (Å²) in [5.74, 6) is 0.307. The number of hydrogen-bond donors (Lipinski definition) is 1. The minimum absolute atomic E-state index is 0.000237. The zero-order chi connectivity index (χ0) is 14.9. The average molecular weight is 275 g/mol. The SMILES string of the molecule is Cc1cccc(N)c1C(=O)OC1CC(C)CC(C)(C)C1. The minimum Gasteiger partial charge on any atom is -0.459 e. The molecule has 0 heterocycles. The fraction of sp³-hybridized carbons (Fsp3) is 0.588. The highest BCUT2D eigenvalue weighted by atomic mass is 16.5. The Labute approximate surface area is 121 Å². The number of hydrogen-bond acceptors (Lipinski definition) is 3. The topological polar surface area (TPSA) is 52.3 Å². The molecule has 20 heavy (non-hydrogen) atoms. The zero-order valence-corrected chi connectivity index (χ0v) is 12.9. The Morgan fingerprint density at radius 2 is 2.05 bits per heavy atom. The van der Waals surface area contributed by atoms with Gasteiger partial charge in [0, 0.05) is 5.69 Å². The van der Waals surface area contributed by atoms with Crippen molar-refractivity contribution in [3.8, 4) is 0 Å². The minimum atomic E-state index is -0.282. The second kappa shape index (κ2) is 5.47. The van der Waals surface area contributed by atoms with Gasteiger partial charge in [0.05, 0.1) is 5.56 Å². The number of carbonyl (C=O) groups is 1. The summed E-state index contributed by atoms with van der Waals surface area (Å²) >= 11 is 0. The van der Waals surface area contributed by atoms with E-state index in [0.717, 1.165) is 18.4 Å². The molecule has 2 atom stereocenters. The quantitative estimate of drug-likeness (QED) is 0.657. The van der Waals surface area contributed by atoms with Gasteiger partial charge in [-0.2, -0.15) is 0 Å². The lowest BCUT2D eigenvalue weighted by molar-refractivity contribution is -0.00710. The Bertz CT molecular complexity index is 487. The standard InChI is InChI=1S/C17H25NO2/c1-11-8-13(10-17(3,4)9-11)20-16(19)15-12(2)6-5-7-14(15)18/h5-7,11,13H,8-10,18H2,1-4H3. The van der Waals surface area contributed by atoms with Crippen molar-refractivity contribution in [3.63, 3.8) is 0 Å². The second-order valence-electron chi connectivity index (χ2n) is 6.98. The van der Waals surface area contributed by atoms with Gasteiger partial charge in [-0.15, -0.1) is 0 Å². The van der Waals surface area contributed by atoms with Gasteiger partial charge in [0.25, 0.3) is 0 Å². The number of rotatable bonds is 2. The van der Waals surface area contributed by atoms with E-state index in [9.17, 15) is 4.79 Å². The predicted octanol–water partition coefficient (Wildman–Crippen LogP) is 3.95. The van der Waals surface area contributed by atoms with Crippen LogP contribution in [-0.4, -0.2) is 12.1 Å². The molecule has 0 spiro atoms. The Balaban J connectivity index is 2.12. The number of benzene rings is 1. The molecule has 1 aliphatic rings. The summed E-state index contributed by atoms with van der Waals surface area (Å²) in [5.41, 5.74) is 8.03. The molecule has 1 fully saturated rings. The van der Waals surface area contributed by atoms with E-state index in [1.54, 1.807) is 6.07 Å². The Hall–Kier alpha value is -1.51. The molecule has 110 valence electrons. The number of nitrogens with two attached hydrogens (primary N) is 1. The van der Waals surface area contributed by atoms with E-state index in [2.05, 4.69) is 20.8 Å². The zero-order valence-electron chi connectivity index (χ0n) is 12.9. The molecule has 1 aliphatic carbocycles. The van der Waals surface area contributed by atoms with Crippen molar-refractivity contribution in [3.05, 3.63) is 29.3 Å². The van der Waals surface area contributed by atoms with Gasteiger partial charge in [-0.3, -0.25) is 0 Å². The van der Waals surface area contributed by atoms with Crippen molar-refractivity contribution in [2.45, 2.75) is 53.1 Å². The van der Waals surface area contributed by atoms with E-state index < -0.39 is 0 Å². The van der Waals surface area contributed by atoms with Gasteiger partial charge in [0.1, 0.15) is 6.10 Å². The molecule has 2 N–H and O–H groups in total. The first-order valence-corrected chi connectivity index (χ1v) is 7.34. The van der Waals surface area contributed by atoms with Crippen LogP contribution in [0.25, 0.3) is 0 Å². The van der Waals surface area contributed by atoms with Crippen LogP contribution in [0.3, 0.4) is 0 Å². The van der Waals surface area contributed by atoms with E-state index in [1.807, 2.05) is 19.1 Å². The molecule has 0 bridgehead atoms. The lowest BCUT2D eigenvalue weighted by Crippen LogP contribution is -2.34. The van der Waals surface area contributed by atoms with Crippen LogP contribution < -0.4 is 5.73 Å². The third-order valence-electron chi connectivity index (χ3n) is 4.13. The molecule has 2 rings (SSSR count). The molecular weight excluding hydrogens is 250 g/mol. The molecule has 0 amide bonds. The highest BCUT2D eigenvalue weighted by molar-refractivity contribution is 5.96. The number of carbonyl (C=O) groups excluding carboxylic acids is 1. The van der Waals surface area contributed by atoms with E-state index in [-0.39, 0.29) is 17.5 Å². The first-order valence-electron chi connectivity index (χ1n) is 7.34. The maximum atomic E-state index is 12.4. The van der Waals surface area contributed by atoms with Crippen molar-refractivity contribution in [2.24, 2.45) is 11.3 Å². The smallest absolute Gasteiger partial charge is 0.340 e.